The van der Waals surface area contributed by atoms with Gasteiger partial charge in [0.15, 0.2) is 11.5 Å². The molecule has 0 spiro atoms. The highest BCUT2D eigenvalue weighted by Crippen LogP contribution is 2.17. The van der Waals surface area contributed by atoms with Crippen molar-refractivity contribution in [3.05, 3.63) is 66.0 Å². The van der Waals surface area contributed by atoms with E-state index in [0.717, 1.165) is 0 Å². The highest BCUT2D eigenvalue weighted by atomic mass is 19.1. The number of carbonyl (C=O) groups excluding carboxylic acids is 1. The van der Waals surface area contributed by atoms with Crippen LogP contribution in [0.1, 0.15) is 28.7 Å². The lowest BCUT2D eigenvalue weighted by molar-refractivity contribution is 0.0514. The number of ether oxygens (including phenoxy) is 2. The van der Waals surface area contributed by atoms with Gasteiger partial charge in [-0.15, -0.1) is 0 Å². The van der Waals surface area contributed by atoms with Crippen LogP contribution in [-0.2, 0) is 9.47 Å². The Morgan fingerprint density at radius 3 is 2.78 bits per heavy atom. The molecule has 23 heavy (non-hydrogen) atoms. The van der Waals surface area contributed by atoms with Gasteiger partial charge in [0.1, 0.15) is 23.5 Å². The molecule has 0 atom stereocenters. The van der Waals surface area contributed by atoms with Crippen LogP contribution < -0.4 is 5.73 Å². The summed E-state index contributed by atoms with van der Waals surface area (Å²) in [5.74, 6) is -0.533. The second kappa shape index (κ2) is 7.26. The predicted molar refractivity (Wildman–Crippen MR) is 81.1 cm³/mol. The van der Waals surface area contributed by atoms with E-state index in [9.17, 15) is 9.18 Å². The summed E-state index contributed by atoms with van der Waals surface area (Å²) in [6.45, 7) is 5.62. The number of nitrogens with two attached hydrogens (primary N) is 1. The Hall–Kier alpha value is -3.09. The zero-order chi connectivity index (χ0) is 16.8. The Kier molecular flexibility index (Phi) is 5.14. The Balaban J connectivity index is 2.03. The highest BCUT2D eigenvalue weighted by molar-refractivity contribution is 5.87. The molecule has 2 aromatic rings. The molecule has 0 aliphatic heterocycles. The largest absolute Gasteiger partial charge is 0.463 e. The number of halogens is 1. The molecule has 0 unspecified atom stereocenters. The number of rotatable bonds is 6. The van der Waals surface area contributed by atoms with E-state index in [1.54, 1.807) is 6.92 Å². The Labute approximate surface area is 132 Å². The Bertz CT molecular complexity index is 735. The summed E-state index contributed by atoms with van der Waals surface area (Å²) < 4.78 is 27.9. The Morgan fingerprint density at radius 1 is 1.43 bits per heavy atom. The fraction of sp³-hybridized carbons (Fsp3) is 0.125. The quantitative estimate of drug-likeness (QED) is 0.651. The lowest BCUT2D eigenvalue weighted by atomic mass is 10.2. The summed E-state index contributed by atoms with van der Waals surface area (Å²) in [5, 5.41) is 3.56. The van der Waals surface area contributed by atoms with E-state index >= 15 is 0 Å². The molecule has 0 fully saturated rings. The van der Waals surface area contributed by atoms with Gasteiger partial charge in [0.25, 0.3) is 0 Å². The SMILES string of the molecule is C=C(O/C=C(\N)c1cc(C(=O)OCC)no1)c1ccc(F)cc1. The smallest absolute Gasteiger partial charge is 0.360 e. The zero-order valence-corrected chi connectivity index (χ0v) is 12.4. The van der Waals surface area contributed by atoms with Crippen molar-refractivity contribution in [2.45, 2.75) is 6.92 Å². The fourth-order valence-electron chi connectivity index (χ4n) is 1.61. The topological polar surface area (TPSA) is 87.6 Å². The van der Waals surface area contributed by atoms with Gasteiger partial charge in [0, 0.05) is 11.6 Å². The molecule has 0 aliphatic carbocycles. The standard InChI is InChI=1S/C16H15FN2O4/c1-3-21-16(20)14-8-15(23-19-14)13(18)9-22-10(2)11-4-6-12(17)7-5-11/h4-9H,2-3,18H2,1H3/b13-9-. The van der Waals surface area contributed by atoms with Crippen LogP contribution in [-0.4, -0.2) is 17.7 Å². The number of hydrogen-bond donors (Lipinski definition) is 1. The summed E-state index contributed by atoms with van der Waals surface area (Å²) in [4.78, 5) is 11.5. The van der Waals surface area contributed by atoms with Crippen molar-refractivity contribution in [3.63, 3.8) is 0 Å². The third kappa shape index (κ3) is 4.19. The van der Waals surface area contributed by atoms with Gasteiger partial charge >= 0.3 is 5.97 Å². The van der Waals surface area contributed by atoms with Gasteiger partial charge in [0.2, 0.25) is 0 Å². The van der Waals surface area contributed by atoms with E-state index in [4.69, 9.17) is 19.7 Å². The minimum absolute atomic E-state index is 0.00978. The monoisotopic (exact) mass is 318 g/mol. The molecule has 0 saturated heterocycles. The number of benzene rings is 1. The van der Waals surface area contributed by atoms with Crippen LogP contribution in [0, 0.1) is 5.82 Å². The highest BCUT2D eigenvalue weighted by Gasteiger charge is 2.15. The van der Waals surface area contributed by atoms with Crippen molar-refractivity contribution < 1.29 is 23.2 Å². The predicted octanol–water partition coefficient (Wildman–Crippen LogP) is 2.94. The van der Waals surface area contributed by atoms with Crippen LogP contribution in [0.25, 0.3) is 11.5 Å². The molecule has 2 rings (SSSR count). The number of nitrogens with zero attached hydrogens (tertiary/aromatic N) is 1. The first-order chi connectivity index (χ1) is 11.0. The first-order valence-corrected chi connectivity index (χ1v) is 6.72. The molecule has 0 radical (unpaired) electrons. The van der Waals surface area contributed by atoms with Crippen LogP contribution in [0.3, 0.4) is 0 Å². The summed E-state index contributed by atoms with van der Waals surface area (Å²) in [7, 11) is 0. The van der Waals surface area contributed by atoms with Gasteiger partial charge < -0.3 is 19.7 Å². The molecule has 1 aromatic carbocycles. The molecule has 0 amide bonds. The van der Waals surface area contributed by atoms with Gasteiger partial charge in [-0.2, -0.15) is 0 Å². The molecule has 1 aromatic heterocycles. The molecule has 0 aliphatic rings. The molecule has 2 N–H and O–H groups in total. The van der Waals surface area contributed by atoms with E-state index in [1.165, 1.54) is 36.6 Å². The minimum atomic E-state index is -0.605. The normalized spacial score (nSPS) is 11.1. The van der Waals surface area contributed by atoms with Crippen LogP contribution in [0.4, 0.5) is 4.39 Å². The molecule has 120 valence electrons. The van der Waals surface area contributed by atoms with Crippen LogP contribution in [0.2, 0.25) is 0 Å². The van der Waals surface area contributed by atoms with E-state index in [-0.39, 0.29) is 35.3 Å². The van der Waals surface area contributed by atoms with Crippen molar-refractivity contribution in [3.8, 4) is 0 Å². The van der Waals surface area contributed by atoms with Crippen molar-refractivity contribution in [2.24, 2.45) is 5.73 Å². The number of esters is 1. The molecule has 0 saturated carbocycles. The van der Waals surface area contributed by atoms with E-state index in [1.807, 2.05) is 0 Å². The number of hydrogen-bond acceptors (Lipinski definition) is 6. The van der Waals surface area contributed by atoms with Crippen molar-refractivity contribution in [2.75, 3.05) is 6.61 Å². The molecule has 0 bridgehead atoms. The van der Waals surface area contributed by atoms with Crippen molar-refractivity contribution in [1.82, 2.24) is 5.16 Å². The maximum atomic E-state index is 12.8. The number of carbonyl (C=O) groups is 1. The number of aromatic nitrogens is 1. The van der Waals surface area contributed by atoms with Gasteiger partial charge in [-0.05, 0) is 31.2 Å². The zero-order valence-electron chi connectivity index (χ0n) is 12.4. The van der Waals surface area contributed by atoms with Crippen LogP contribution in [0.15, 0.2) is 47.7 Å². The first kappa shape index (κ1) is 16.3. The van der Waals surface area contributed by atoms with E-state index in [2.05, 4.69) is 11.7 Å². The summed E-state index contributed by atoms with van der Waals surface area (Å²) >= 11 is 0. The summed E-state index contributed by atoms with van der Waals surface area (Å²) in [5.41, 5.74) is 6.50. The maximum Gasteiger partial charge on any atom is 0.360 e. The lowest BCUT2D eigenvalue weighted by Crippen LogP contribution is -2.04. The maximum absolute atomic E-state index is 12.8. The van der Waals surface area contributed by atoms with E-state index < -0.39 is 5.97 Å². The van der Waals surface area contributed by atoms with Gasteiger partial charge in [0.05, 0.1) is 6.61 Å². The summed E-state index contributed by atoms with van der Waals surface area (Å²) in [6.07, 6.45) is 1.20. The first-order valence-electron chi connectivity index (χ1n) is 6.72. The van der Waals surface area contributed by atoms with Gasteiger partial charge in [-0.1, -0.05) is 11.7 Å². The second-order valence-corrected chi connectivity index (χ2v) is 4.42. The average Bonchev–Trinajstić information content (AvgIpc) is 3.03. The molecule has 7 heteroatoms. The molecule has 1 heterocycles. The van der Waals surface area contributed by atoms with Gasteiger partial charge in [-0.3, -0.25) is 0 Å². The molecule has 6 nitrogen and oxygen atoms in total. The Morgan fingerprint density at radius 2 is 2.13 bits per heavy atom. The molecular weight excluding hydrogens is 303 g/mol. The van der Waals surface area contributed by atoms with Crippen LogP contribution in [0.5, 0.6) is 0 Å². The molecular formula is C16H15FN2O4. The minimum Gasteiger partial charge on any atom is -0.463 e. The average molecular weight is 318 g/mol. The van der Waals surface area contributed by atoms with Crippen molar-refractivity contribution in [1.29, 1.82) is 0 Å². The lowest BCUT2D eigenvalue weighted by Gasteiger charge is -2.05. The van der Waals surface area contributed by atoms with E-state index in [0.29, 0.717) is 5.56 Å². The summed E-state index contributed by atoms with van der Waals surface area (Å²) in [6, 6.07) is 6.97. The van der Waals surface area contributed by atoms with Crippen LogP contribution >= 0.6 is 0 Å². The third-order valence-corrected chi connectivity index (χ3v) is 2.77. The fourth-order valence-corrected chi connectivity index (χ4v) is 1.61. The third-order valence-electron chi connectivity index (χ3n) is 2.77. The van der Waals surface area contributed by atoms with Crippen molar-refractivity contribution >= 4 is 17.4 Å². The second-order valence-electron chi connectivity index (χ2n) is 4.42. The van der Waals surface area contributed by atoms with Gasteiger partial charge in [-0.25, -0.2) is 9.18 Å².